The van der Waals surface area contributed by atoms with Crippen molar-refractivity contribution in [3.8, 4) is 0 Å². The highest BCUT2D eigenvalue weighted by atomic mass is 32.2. The van der Waals surface area contributed by atoms with E-state index in [1.165, 1.54) is 4.31 Å². The van der Waals surface area contributed by atoms with Crippen LogP contribution in [-0.4, -0.2) is 42.6 Å². The molecular weight excluding hydrogens is 242 g/mol. The Kier molecular flexibility index (Phi) is 6.48. The van der Waals surface area contributed by atoms with Crippen molar-refractivity contribution in [3.63, 3.8) is 0 Å². The van der Waals surface area contributed by atoms with Gasteiger partial charge < -0.3 is 10.9 Å². The van der Waals surface area contributed by atoms with E-state index in [1.54, 1.807) is 13.8 Å². The molecule has 1 atom stereocenters. The van der Waals surface area contributed by atoms with Crippen molar-refractivity contribution in [1.29, 1.82) is 0 Å². The van der Waals surface area contributed by atoms with Crippen LogP contribution in [0.4, 0.5) is 0 Å². The third kappa shape index (κ3) is 5.36. The molecular formula is C10H23N3O3S. The summed E-state index contributed by atoms with van der Waals surface area (Å²) in [4.78, 5) is 0. The van der Waals surface area contributed by atoms with E-state index < -0.39 is 10.0 Å². The van der Waals surface area contributed by atoms with Gasteiger partial charge in [-0.25, -0.2) is 12.7 Å². The van der Waals surface area contributed by atoms with Gasteiger partial charge in [0.1, 0.15) is 5.84 Å². The summed E-state index contributed by atoms with van der Waals surface area (Å²) >= 11 is 0. The van der Waals surface area contributed by atoms with E-state index in [4.69, 9.17) is 10.9 Å². The molecule has 0 aliphatic heterocycles. The predicted octanol–water partition coefficient (Wildman–Crippen LogP) is 0.677. The molecule has 0 bridgehead atoms. The number of sulfonamides is 1. The third-order valence-corrected chi connectivity index (χ3v) is 4.67. The second-order valence-corrected chi connectivity index (χ2v) is 6.56. The summed E-state index contributed by atoms with van der Waals surface area (Å²) in [6.45, 7) is 7.84. The monoisotopic (exact) mass is 265 g/mol. The average Bonchev–Trinajstić information content (AvgIpc) is 2.22. The maximum atomic E-state index is 12.0. The van der Waals surface area contributed by atoms with Crippen LogP contribution in [0.5, 0.6) is 0 Å². The first-order chi connectivity index (χ1) is 7.74. The van der Waals surface area contributed by atoms with Crippen LogP contribution in [0.25, 0.3) is 0 Å². The molecule has 17 heavy (non-hydrogen) atoms. The first-order valence-electron chi connectivity index (χ1n) is 5.69. The highest BCUT2D eigenvalue weighted by molar-refractivity contribution is 7.89. The number of hydrogen-bond donors (Lipinski definition) is 2. The number of rotatable bonds is 7. The lowest BCUT2D eigenvalue weighted by atomic mass is 10.1. The van der Waals surface area contributed by atoms with Crippen molar-refractivity contribution in [3.05, 3.63) is 0 Å². The predicted molar refractivity (Wildman–Crippen MR) is 68.4 cm³/mol. The van der Waals surface area contributed by atoms with Crippen molar-refractivity contribution in [2.24, 2.45) is 22.7 Å². The van der Waals surface area contributed by atoms with Crippen LogP contribution in [0.1, 0.15) is 27.7 Å². The van der Waals surface area contributed by atoms with Gasteiger partial charge in [0.25, 0.3) is 0 Å². The van der Waals surface area contributed by atoms with Gasteiger partial charge in [-0.3, -0.25) is 0 Å². The van der Waals surface area contributed by atoms with Gasteiger partial charge in [0.15, 0.2) is 0 Å². The van der Waals surface area contributed by atoms with Gasteiger partial charge in [-0.15, -0.1) is 0 Å². The SMILES string of the molecule is CCN(CC(C)C(N)=NO)S(=O)(=O)CC(C)C. The third-order valence-electron chi connectivity index (χ3n) is 2.39. The standard InChI is InChI=1S/C10H23N3O3S/c1-5-13(6-9(4)10(11)12-14)17(15,16)7-8(2)3/h8-9,14H,5-7H2,1-4H3,(H2,11,12). The highest BCUT2D eigenvalue weighted by Gasteiger charge is 2.24. The minimum absolute atomic E-state index is 0.0446. The molecule has 0 amide bonds. The van der Waals surface area contributed by atoms with Crippen molar-refractivity contribution in [1.82, 2.24) is 4.31 Å². The van der Waals surface area contributed by atoms with Crippen LogP contribution in [0.2, 0.25) is 0 Å². The number of hydrogen-bond acceptors (Lipinski definition) is 4. The normalized spacial score (nSPS) is 15.5. The quantitative estimate of drug-likeness (QED) is 0.306. The summed E-state index contributed by atoms with van der Waals surface area (Å²) in [7, 11) is -3.27. The molecule has 1 unspecified atom stereocenters. The number of nitrogens with zero attached hydrogens (tertiary/aromatic N) is 2. The molecule has 0 aromatic carbocycles. The average molecular weight is 265 g/mol. The molecule has 0 saturated carbocycles. The lowest BCUT2D eigenvalue weighted by Crippen LogP contribution is -2.40. The van der Waals surface area contributed by atoms with Crippen LogP contribution < -0.4 is 5.73 Å². The fourth-order valence-corrected chi connectivity index (χ4v) is 3.36. The van der Waals surface area contributed by atoms with Gasteiger partial charge in [-0.05, 0) is 5.92 Å². The summed E-state index contributed by atoms with van der Waals surface area (Å²) in [6.07, 6.45) is 0. The smallest absolute Gasteiger partial charge is 0.214 e. The minimum atomic E-state index is -3.27. The van der Waals surface area contributed by atoms with E-state index in [1.807, 2.05) is 13.8 Å². The summed E-state index contributed by atoms with van der Waals surface area (Å²) in [6, 6.07) is 0. The highest BCUT2D eigenvalue weighted by Crippen LogP contribution is 2.10. The molecule has 0 aliphatic carbocycles. The molecule has 102 valence electrons. The Labute approximate surface area is 104 Å². The van der Waals surface area contributed by atoms with E-state index in [-0.39, 0.29) is 30.0 Å². The fourth-order valence-electron chi connectivity index (χ4n) is 1.46. The van der Waals surface area contributed by atoms with Crippen LogP contribution in [-0.2, 0) is 10.0 Å². The largest absolute Gasteiger partial charge is 0.409 e. The Morgan fingerprint density at radius 2 is 1.94 bits per heavy atom. The Bertz CT molecular complexity index is 352. The Hall–Kier alpha value is -0.820. The molecule has 0 fully saturated rings. The maximum absolute atomic E-state index is 12.0. The molecule has 3 N–H and O–H groups in total. The van der Waals surface area contributed by atoms with Crippen molar-refractivity contribution >= 4 is 15.9 Å². The number of nitrogens with two attached hydrogens (primary N) is 1. The Morgan fingerprint density at radius 3 is 2.29 bits per heavy atom. The van der Waals surface area contributed by atoms with Gasteiger partial charge in [0, 0.05) is 19.0 Å². The minimum Gasteiger partial charge on any atom is -0.409 e. The van der Waals surface area contributed by atoms with Crippen LogP contribution in [0, 0.1) is 11.8 Å². The molecule has 0 rings (SSSR count). The van der Waals surface area contributed by atoms with E-state index in [2.05, 4.69) is 5.16 Å². The van der Waals surface area contributed by atoms with E-state index in [0.717, 1.165) is 0 Å². The van der Waals surface area contributed by atoms with E-state index in [0.29, 0.717) is 6.54 Å². The number of amidine groups is 1. The molecule has 0 heterocycles. The van der Waals surface area contributed by atoms with Crippen molar-refractivity contribution in [2.75, 3.05) is 18.8 Å². The van der Waals surface area contributed by atoms with Gasteiger partial charge >= 0.3 is 0 Å². The van der Waals surface area contributed by atoms with Gasteiger partial charge in [0.2, 0.25) is 10.0 Å². The molecule has 0 radical (unpaired) electrons. The molecule has 0 spiro atoms. The zero-order chi connectivity index (χ0) is 13.6. The van der Waals surface area contributed by atoms with Crippen molar-refractivity contribution in [2.45, 2.75) is 27.7 Å². The van der Waals surface area contributed by atoms with E-state index >= 15 is 0 Å². The fraction of sp³-hybridized carbons (Fsp3) is 0.900. The molecule has 0 aromatic rings. The molecule has 0 aliphatic rings. The van der Waals surface area contributed by atoms with Crippen LogP contribution >= 0.6 is 0 Å². The summed E-state index contributed by atoms with van der Waals surface area (Å²) in [5.41, 5.74) is 5.44. The molecule has 0 saturated heterocycles. The zero-order valence-electron chi connectivity index (χ0n) is 10.9. The second-order valence-electron chi connectivity index (χ2n) is 4.55. The lowest BCUT2D eigenvalue weighted by Gasteiger charge is -2.24. The first kappa shape index (κ1) is 16.2. The van der Waals surface area contributed by atoms with Crippen LogP contribution in [0.3, 0.4) is 0 Å². The van der Waals surface area contributed by atoms with Crippen molar-refractivity contribution < 1.29 is 13.6 Å². The lowest BCUT2D eigenvalue weighted by molar-refractivity contribution is 0.311. The Morgan fingerprint density at radius 1 is 1.41 bits per heavy atom. The second kappa shape index (κ2) is 6.80. The molecule has 7 heteroatoms. The molecule has 0 aromatic heterocycles. The van der Waals surface area contributed by atoms with Gasteiger partial charge in [-0.2, -0.15) is 0 Å². The zero-order valence-corrected chi connectivity index (χ0v) is 11.7. The van der Waals surface area contributed by atoms with Gasteiger partial charge in [-0.1, -0.05) is 32.9 Å². The summed E-state index contributed by atoms with van der Waals surface area (Å²) in [5, 5.41) is 11.4. The maximum Gasteiger partial charge on any atom is 0.214 e. The van der Waals surface area contributed by atoms with Crippen LogP contribution in [0.15, 0.2) is 5.16 Å². The summed E-state index contributed by atoms with van der Waals surface area (Å²) < 4.78 is 25.4. The molecule has 6 nitrogen and oxygen atoms in total. The first-order valence-corrected chi connectivity index (χ1v) is 7.30. The number of oxime groups is 1. The summed E-state index contributed by atoms with van der Waals surface area (Å²) in [5.74, 6) is -0.0673. The Balaban J connectivity index is 4.75. The van der Waals surface area contributed by atoms with Gasteiger partial charge in [0.05, 0.1) is 5.75 Å². The van der Waals surface area contributed by atoms with E-state index in [9.17, 15) is 8.42 Å². The topological polar surface area (TPSA) is 96.0 Å².